The van der Waals surface area contributed by atoms with Crippen molar-refractivity contribution in [1.82, 2.24) is 0 Å². The second-order valence-corrected chi connectivity index (χ2v) is 4.93. The molecule has 1 fully saturated rings. The second-order valence-electron chi connectivity index (χ2n) is 4.93. The van der Waals surface area contributed by atoms with Crippen molar-refractivity contribution in [3.63, 3.8) is 0 Å². The standard InChI is InChI=1S/C14H15NO/c15-10-12-6-4-5-11-9-14(16-13(11)12)7-2-1-3-8-14/h4-6H,1-3,7-9H2. The Balaban J connectivity index is 1.97. The van der Waals surface area contributed by atoms with Crippen LogP contribution >= 0.6 is 0 Å². The Labute approximate surface area is 95.8 Å². The number of benzene rings is 1. The van der Waals surface area contributed by atoms with E-state index in [0.717, 1.165) is 25.0 Å². The van der Waals surface area contributed by atoms with Gasteiger partial charge >= 0.3 is 0 Å². The van der Waals surface area contributed by atoms with Gasteiger partial charge in [0.05, 0.1) is 5.56 Å². The molecule has 1 aliphatic carbocycles. The Kier molecular flexibility index (Phi) is 2.14. The monoisotopic (exact) mass is 213 g/mol. The van der Waals surface area contributed by atoms with Gasteiger partial charge in [-0.3, -0.25) is 0 Å². The van der Waals surface area contributed by atoms with E-state index in [1.54, 1.807) is 0 Å². The van der Waals surface area contributed by atoms with Crippen molar-refractivity contribution in [3.8, 4) is 11.8 Å². The normalized spacial score (nSPS) is 21.2. The van der Waals surface area contributed by atoms with Gasteiger partial charge in [-0.05, 0) is 37.3 Å². The molecule has 1 spiro atoms. The predicted molar refractivity (Wildman–Crippen MR) is 61.3 cm³/mol. The number of ether oxygens (including phenoxy) is 1. The second kappa shape index (κ2) is 3.52. The van der Waals surface area contributed by atoms with Crippen LogP contribution in [0.15, 0.2) is 18.2 Å². The van der Waals surface area contributed by atoms with Crippen molar-refractivity contribution in [2.24, 2.45) is 0 Å². The third-order valence-electron chi connectivity index (χ3n) is 3.81. The van der Waals surface area contributed by atoms with Crippen LogP contribution in [-0.4, -0.2) is 5.60 Å². The van der Waals surface area contributed by atoms with Crippen LogP contribution < -0.4 is 4.74 Å². The van der Waals surface area contributed by atoms with Gasteiger partial charge in [0, 0.05) is 6.42 Å². The van der Waals surface area contributed by atoms with E-state index in [1.165, 1.54) is 24.8 Å². The van der Waals surface area contributed by atoms with Gasteiger partial charge in [0.15, 0.2) is 0 Å². The summed E-state index contributed by atoms with van der Waals surface area (Å²) in [6.07, 6.45) is 7.13. The lowest BCUT2D eigenvalue weighted by molar-refractivity contribution is 0.0526. The van der Waals surface area contributed by atoms with Crippen LogP contribution in [0.4, 0.5) is 0 Å². The van der Waals surface area contributed by atoms with E-state index in [1.807, 2.05) is 12.1 Å². The van der Waals surface area contributed by atoms with Crippen LogP contribution in [-0.2, 0) is 6.42 Å². The summed E-state index contributed by atoms with van der Waals surface area (Å²) >= 11 is 0. The number of para-hydroxylation sites is 1. The molecule has 0 atom stereocenters. The minimum absolute atomic E-state index is 0.0214. The molecule has 2 nitrogen and oxygen atoms in total. The van der Waals surface area contributed by atoms with Crippen molar-refractivity contribution in [3.05, 3.63) is 29.3 Å². The predicted octanol–water partition coefficient (Wildman–Crippen LogP) is 3.20. The quantitative estimate of drug-likeness (QED) is 0.663. The van der Waals surface area contributed by atoms with E-state index < -0.39 is 0 Å². The van der Waals surface area contributed by atoms with Gasteiger partial charge in [-0.25, -0.2) is 0 Å². The largest absolute Gasteiger partial charge is 0.485 e. The van der Waals surface area contributed by atoms with E-state index in [4.69, 9.17) is 10.00 Å². The molecule has 0 amide bonds. The highest BCUT2D eigenvalue weighted by atomic mass is 16.5. The Morgan fingerprint density at radius 3 is 2.75 bits per heavy atom. The third-order valence-corrected chi connectivity index (χ3v) is 3.81. The van der Waals surface area contributed by atoms with Crippen molar-refractivity contribution in [2.45, 2.75) is 44.1 Å². The lowest BCUT2D eigenvalue weighted by atomic mass is 9.82. The first-order valence-electron chi connectivity index (χ1n) is 6.04. The summed E-state index contributed by atoms with van der Waals surface area (Å²) in [4.78, 5) is 0. The molecular formula is C14H15NO. The summed E-state index contributed by atoms with van der Waals surface area (Å²) < 4.78 is 6.13. The minimum atomic E-state index is 0.0214. The zero-order valence-corrected chi connectivity index (χ0v) is 9.33. The Morgan fingerprint density at radius 2 is 2.00 bits per heavy atom. The van der Waals surface area contributed by atoms with Crippen molar-refractivity contribution >= 4 is 0 Å². The maximum atomic E-state index is 9.06. The SMILES string of the molecule is N#Cc1cccc2c1OC1(CCCCC1)C2. The maximum absolute atomic E-state index is 9.06. The first-order chi connectivity index (χ1) is 7.83. The molecule has 0 radical (unpaired) electrons. The van der Waals surface area contributed by atoms with E-state index in [0.29, 0.717) is 5.56 Å². The van der Waals surface area contributed by atoms with E-state index in [2.05, 4.69) is 12.1 Å². The molecule has 3 rings (SSSR count). The Hall–Kier alpha value is -1.49. The number of nitrogens with zero attached hydrogens (tertiary/aromatic N) is 1. The molecule has 2 heteroatoms. The molecule has 1 aromatic carbocycles. The molecule has 1 aromatic rings. The van der Waals surface area contributed by atoms with Gasteiger partial charge in [-0.1, -0.05) is 18.6 Å². The molecule has 16 heavy (non-hydrogen) atoms. The van der Waals surface area contributed by atoms with Gasteiger partial charge < -0.3 is 4.74 Å². The Bertz CT molecular complexity index is 452. The molecule has 0 N–H and O–H groups in total. The van der Waals surface area contributed by atoms with E-state index in [-0.39, 0.29) is 5.60 Å². The lowest BCUT2D eigenvalue weighted by Gasteiger charge is -2.32. The van der Waals surface area contributed by atoms with Crippen LogP contribution in [0.2, 0.25) is 0 Å². The van der Waals surface area contributed by atoms with Crippen LogP contribution in [0.1, 0.15) is 43.2 Å². The molecule has 1 aliphatic heterocycles. The van der Waals surface area contributed by atoms with Crippen molar-refractivity contribution in [1.29, 1.82) is 5.26 Å². The summed E-state index contributed by atoms with van der Waals surface area (Å²) in [5.41, 5.74) is 1.94. The summed E-state index contributed by atoms with van der Waals surface area (Å²) in [7, 11) is 0. The summed E-state index contributed by atoms with van der Waals surface area (Å²) in [5, 5.41) is 9.06. The van der Waals surface area contributed by atoms with Gasteiger partial charge in [0.25, 0.3) is 0 Å². The fourth-order valence-corrected chi connectivity index (χ4v) is 3.01. The van der Waals surface area contributed by atoms with Gasteiger partial charge in [0.1, 0.15) is 17.4 Å². The highest BCUT2D eigenvalue weighted by molar-refractivity contribution is 5.51. The van der Waals surface area contributed by atoms with Gasteiger partial charge in [-0.2, -0.15) is 5.26 Å². The zero-order valence-electron chi connectivity index (χ0n) is 9.33. The van der Waals surface area contributed by atoms with E-state index >= 15 is 0 Å². The fourth-order valence-electron chi connectivity index (χ4n) is 3.01. The van der Waals surface area contributed by atoms with Gasteiger partial charge in [0.2, 0.25) is 0 Å². The van der Waals surface area contributed by atoms with Crippen LogP contribution in [0, 0.1) is 11.3 Å². The molecule has 0 saturated heterocycles. The summed E-state index contributed by atoms with van der Waals surface area (Å²) in [6.45, 7) is 0. The highest BCUT2D eigenvalue weighted by Gasteiger charge is 2.40. The number of hydrogen-bond acceptors (Lipinski definition) is 2. The van der Waals surface area contributed by atoms with E-state index in [9.17, 15) is 0 Å². The number of rotatable bonds is 0. The number of nitriles is 1. The Morgan fingerprint density at radius 1 is 1.19 bits per heavy atom. The van der Waals surface area contributed by atoms with Crippen LogP contribution in [0.25, 0.3) is 0 Å². The molecule has 0 bridgehead atoms. The summed E-state index contributed by atoms with van der Waals surface area (Å²) in [6, 6.07) is 8.13. The maximum Gasteiger partial charge on any atom is 0.141 e. The molecule has 82 valence electrons. The molecule has 1 saturated carbocycles. The number of hydrogen-bond donors (Lipinski definition) is 0. The summed E-state index contributed by atoms with van der Waals surface area (Å²) in [5.74, 6) is 0.854. The topological polar surface area (TPSA) is 33.0 Å². The molecular weight excluding hydrogens is 198 g/mol. The first-order valence-corrected chi connectivity index (χ1v) is 6.04. The molecule has 0 aromatic heterocycles. The van der Waals surface area contributed by atoms with Crippen LogP contribution in [0.3, 0.4) is 0 Å². The average molecular weight is 213 g/mol. The molecule has 1 heterocycles. The third kappa shape index (κ3) is 1.39. The zero-order chi connectivity index (χ0) is 11.0. The highest BCUT2D eigenvalue weighted by Crippen LogP contribution is 2.44. The van der Waals surface area contributed by atoms with Crippen LogP contribution in [0.5, 0.6) is 5.75 Å². The van der Waals surface area contributed by atoms with Crippen molar-refractivity contribution < 1.29 is 4.74 Å². The first kappa shape index (κ1) is 9.72. The molecule has 0 unspecified atom stereocenters. The minimum Gasteiger partial charge on any atom is -0.485 e. The average Bonchev–Trinajstić information content (AvgIpc) is 2.67. The fraction of sp³-hybridized carbons (Fsp3) is 0.500. The van der Waals surface area contributed by atoms with Gasteiger partial charge in [-0.15, -0.1) is 0 Å². The lowest BCUT2D eigenvalue weighted by Crippen LogP contribution is -2.36. The smallest absolute Gasteiger partial charge is 0.141 e. The van der Waals surface area contributed by atoms with Crippen molar-refractivity contribution in [2.75, 3.05) is 0 Å². The number of fused-ring (bicyclic) bond motifs is 1. The molecule has 2 aliphatic rings.